The highest BCUT2D eigenvalue weighted by Gasteiger charge is 2.91. The summed E-state index contributed by atoms with van der Waals surface area (Å²) in [5, 5.41) is 52.5. The van der Waals surface area contributed by atoms with E-state index in [9.17, 15) is 39.9 Å². The first-order chi connectivity index (χ1) is 34.2. The van der Waals surface area contributed by atoms with Gasteiger partial charge in [-0.1, -0.05) is 45.9 Å². The van der Waals surface area contributed by atoms with Gasteiger partial charge in [0.1, 0.15) is 78.0 Å². The molecule has 1 aromatic rings. The van der Waals surface area contributed by atoms with E-state index in [4.69, 9.17) is 52.1 Å². The molecular weight excluding hydrogens is 941 g/mol. The second kappa shape index (κ2) is 20.7. The van der Waals surface area contributed by atoms with Crippen LogP contribution < -0.4 is 0 Å². The van der Waals surface area contributed by atoms with Crippen molar-refractivity contribution in [2.75, 3.05) is 20.8 Å². The van der Waals surface area contributed by atoms with Crippen molar-refractivity contribution in [1.29, 1.82) is 0 Å². The molecule has 4 saturated heterocycles. The van der Waals surface area contributed by atoms with Gasteiger partial charge in [-0.2, -0.15) is 0 Å². The minimum atomic E-state index is -1.67. The number of rotatable bonds is 15. The Hall–Kier alpha value is -2.73. The fourth-order valence-electron chi connectivity index (χ4n) is 14.8. The zero-order valence-electron chi connectivity index (χ0n) is 43.0. The Morgan fingerprint density at radius 2 is 1.46 bits per heavy atom. The second-order valence-electron chi connectivity index (χ2n) is 22.5. The number of aliphatic hydroxyl groups is 5. The van der Waals surface area contributed by atoms with Crippen molar-refractivity contribution in [3.8, 4) is 0 Å². The number of fused-ring (bicyclic) bond motifs is 2. The lowest BCUT2D eigenvalue weighted by molar-refractivity contribution is -0.371. The van der Waals surface area contributed by atoms with E-state index in [0.29, 0.717) is 56.9 Å². The first-order valence-electron chi connectivity index (χ1n) is 26.2. The standard InChI is InChI=1S/C53H78O19/c1-10-25(2)46(60)68-43-44-50(6)19-17-31(22-30(50)16-20-52(44)53(72-52)21-18-32(26(3)55)51(53,7)45(43)71-47(61)29-14-12-11-13-15-29)66-35-23-33(62-8)40(27(4)64-35)69-49-39(59)42(63-9)41(28(5)65-49)70-48-38(58)37(57)36(56)34(24-54)67-48/h11-15,25,27-28,30-45,48-49,54,56-59H,10,16-24H2,1-9H3/t25-,27-,28-,30+,31+,32+,33-,34-,35+,36-,37+,38-,39-,40-,41-,42+,43+,44-,45-,48+,49+,50+,51+,52+,53-/m1/s1. The minimum Gasteiger partial charge on any atom is -0.458 e. The molecule has 4 heterocycles. The summed E-state index contributed by atoms with van der Waals surface area (Å²) < 4.78 is 69.8. The van der Waals surface area contributed by atoms with Crippen LogP contribution in [0.3, 0.4) is 0 Å². The van der Waals surface area contributed by atoms with Crippen molar-refractivity contribution >= 4 is 17.7 Å². The Morgan fingerprint density at radius 3 is 2.12 bits per heavy atom. The number of carbonyl (C=O) groups excluding carboxylic acids is 3. The number of epoxide rings is 1. The monoisotopic (exact) mass is 1020 g/mol. The van der Waals surface area contributed by atoms with E-state index in [-0.39, 0.29) is 29.7 Å². The smallest absolute Gasteiger partial charge is 0.338 e. The average molecular weight is 1020 g/mol. The van der Waals surface area contributed by atoms with Crippen molar-refractivity contribution in [1.82, 2.24) is 0 Å². The van der Waals surface area contributed by atoms with Crippen LogP contribution in [-0.2, 0) is 61.7 Å². The number of ether oxygens (including phenoxy) is 11. The Kier molecular flexibility index (Phi) is 15.5. The maximum Gasteiger partial charge on any atom is 0.338 e. The summed E-state index contributed by atoms with van der Waals surface area (Å²) in [5.74, 6) is -1.98. The van der Waals surface area contributed by atoms with Crippen molar-refractivity contribution in [2.24, 2.45) is 34.5 Å². The van der Waals surface area contributed by atoms with Crippen molar-refractivity contribution in [2.45, 2.75) is 222 Å². The average Bonchev–Trinajstić information content (AvgIpc) is 3.91. The number of aliphatic hydroxyl groups excluding tert-OH is 5. The van der Waals surface area contributed by atoms with E-state index in [1.54, 1.807) is 45.2 Å². The molecule has 2 spiro atoms. The summed E-state index contributed by atoms with van der Waals surface area (Å²) in [5.41, 5.74) is -2.43. The van der Waals surface area contributed by atoms with Gasteiger partial charge in [0.25, 0.3) is 0 Å². The quantitative estimate of drug-likeness (QED) is 0.0961. The van der Waals surface area contributed by atoms with Gasteiger partial charge in [-0.3, -0.25) is 9.59 Å². The zero-order chi connectivity index (χ0) is 51.8. The molecule has 0 radical (unpaired) electrons. The van der Waals surface area contributed by atoms with Crippen LogP contribution in [0.25, 0.3) is 0 Å². The topological polar surface area (TPSA) is 257 Å². The van der Waals surface area contributed by atoms with Crippen LogP contribution >= 0.6 is 0 Å². The van der Waals surface area contributed by atoms with Crippen molar-refractivity contribution in [3.05, 3.63) is 35.9 Å². The van der Waals surface area contributed by atoms with Gasteiger partial charge in [0.2, 0.25) is 0 Å². The van der Waals surface area contributed by atoms with E-state index in [0.717, 1.165) is 6.42 Å². The van der Waals surface area contributed by atoms with E-state index in [2.05, 4.69) is 6.92 Å². The van der Waals surface area contributed by atoms with Crippen LogP contribution in [0.1, 0.15) is 117 Å². The van der Waals surface area contributed by atoms with E-state index in [1.807, 2.05) is 33.8 Å². The number of Topliss-reactive ketones (excluding diaryl/α,β-unsaturated/α-hetero) is 1. The molecule has 8 fully saturated rings. The normalized spacial score (nSPS) is 49.0. The number of benzene rings is 1. The molecule has 4 saturated carbocycles. The first kappa shape index (κ1) is 54.1. The molecule has 0 amide bonds. The van der Waals surface area contributed by atoms with E-state index in [1.165, 1.54) is 7.11 Å². The van der Waals surface area contributed by atoms with Crippen LogP contribution in [0.2, 0.25) is 0 Å². The van der Waals surface area contributed by atoms with Gasteiger partial charge in [0, 0.05) is 37.9 Å². The van der Waals surface area contributed by atoms with Crippen LogP contribution in [0, 0.1) is 34.5 Å². The van der Waals surface area contributed by atoms with Gasteiger partial charge < -0.3 is 77.6 Å². The number of hydrogen-bond donors (Lipinski definition) is 5. The van der Waals surface area contributed by atoms with Crippen LogP contribution in [-0.4, -0.2) is 180 Å². The predicted molar refractivity (Wildman–Crippen MR) is 250 cm³/mol. The molecule has 9 rings (SSSR count). The number of ketones is 1. The van der Waals surface area contributed by atoms with Crippen molar-refractivity contribution < 1.29 is 92.0 Å². The highest BCUT2D eigenvalue weighted by atomic mass is 16.8. The van der Waals surface area contributed by atoms with Gasteiger partial charge in [-0.25, -0.2) is 4.79 Å². The van der Waals surface area contributed by atoms with E-state index >= 15 is 0 Å². The summed E-state index contributed by atoms with van der Waals surface area (Å²) in [7, 11) is 2.95. The lowest BCUT2D eigenvalue weighted by Gasteiger charge is -2.61. The molecule has 5 N–H and O–H groups in total. The summed E-state index contributed by atoms with van der Waals surface area (Å²) in [6.07, 6.45) is -12.0. The van der Waals surface area contributed by atoms with Crippen LogP contribution in [0.15, 0.2) is 30.3 Å². The Morgan fingerprint density at radius 1 is 0.764 bits per heavy atom. The molecular formula is C53H78O19. The first-order valence-corrected chi connectivity index (χ1v) is 26.2. The molecule has 4 aliphatic heterocycles. The molecule has 404 valence electrons. The minimum absolute atomic E-state index is 0.00202. The largest absolute Gasteiger partial charge is 0.458 e. The molecule has 25 atom stereocenters. The third kappa shape index (κ3) is 8.80. The van der Waals surface area contributed by atoms with Gasteiger partial charge in [-0.05, 0) is 95.6 Å². The number of esters is 2. The van der Waals surface area contributed by atoms with Gasteiger partial charge >= 0.3 is 11.9 Å². The Bertz CT molecular complexity index is 2100. The molecule has 0 aromatic heterocycles. The van der Waals surface area contributed by atoms with E-state index < -0.39 is 145 Å². The number of hydrogen-bond acceptors (Lipinski definition) is 19. The maximum absolute atomic E-state index is 14.2. The number of carbonyl (C=O) groups is 3. The van der Waals surface area contributed by atoms with Crippen LogP contribution in [0.5, 0.6) is 0 Å². The molecule has 0 bridgehead atoms. The third-order valence-electron chi connectivity index (χ3n) is 18.9. The third-order valence-corrected chi connectivity index (χ3v) is 18.9. The SMILES string of the molecule is CC[C@@H](C)C(=O)O[C@@H]1[C@@H](OC(=O)c2ccccc2)[C@]2(C)[C@H](C(C)=O)CC[C@@]23O[C@]32CC[C@H]3C[C@@H](O[C@H]4C[C@@H](OC)[C@H](O[C@@H]5O[C@H](C)[C@@H](O[C@@H]6O[C@H](CO)[C@@H](O)[C@H](O)[C@H]6O)[C@@H](OC)[C@H]5O)[C@@H](C)O4)CC[C@]3(C)[C@@H]12. The fraction of sp³-hybridized carbons (Fsp3) is 0.830. The van der Waals surface area contributed by atoms with Gasteiger partial charge in [0.15, 0.2) is 18.9 Å². The highest BCUT2D eigenvalue weighted by molar-refractivity contribution is 5.89. The summed E-state index contributed by atoms with van der Waals surface area (Å²) in [6, 6.07) is 8.79. The molecule has 19 heteroatoms. The number of methoxy groups -OCH3 is 2. The molecule has 8 aliphatic rings. The lowest BCUT2D eigenvalue weighted by Crippen LogP contribution is -2.71. The van der Waals surface area contributed by atoms with Crippen LogP contribution in [0.4, 0.5) is 0 Å². The summed E-state index contributed by atoms with van der Waals surface area (Å²) >= 11 is 0. The second-order valence-corrected chi connectivity index (χ2v) is 22.5. The summed E-state index contributed by atoms with van der Waals surface area (Å²) in [6.45, 7) is 12.6. The summed E-state index contributed by atoms with van der Waals surface area (Å²) in [4.78, 5) is 41.9. The molecule has 0 unspecified atom stereocenters. The highest BCUT2D eigenvalue weighted by Crippen LogP contribution is 2.81. The lowest BCUT2D eigenvalue weighted by atomic mass is 9.43. The molecule has 4 aliphatic carbocycles. The van der Waals surface area contributed by atoms with Gasteiger partial charge in [-0.15, -0.1) is 0 Å². The Labute approximate surface area is 421 Å². The molecule has 1 aromatic carbocycles. The van der Waals surface area contributed by atoms with Gasteiger partial charge in [0.05, 0.1) is 42.5 Å². The Balaban J connectivity index is 0.895. The predicted octanol–water partition coefficient (Wildman–Crippen LogP) is 3.14. The van der Waals surface area contributed by atoms with Crippen molar-refractivity contribution in [3.63, 3.8) is 0 Å². The maximum atomic E-state index is 14.2. The molecule has 72 heavy (non-hydrogen) atoms. The zero-order valence-corrected chi connectivity index (χ0v) is 43.0. The fourth-order valence-corrected chi connectivity index (χ4v) is 14.8. The molecule has 19 nitrogen and oxygen atoms in total.